The normalized spacial score (nSPS) is 36.6. The minimum Gasteiger partial charge on any atom is -0.394 e. The summed E-state index contributed by atoms with van der Waals surface area (Å²) in [6.07, 6.45) is 3.54. The fraction of sp³-hybridized carbons (Fsp3) is 1.00. The van der Waals surface area contributed by atoms with Gasteiger partial charge in [-0.25, -0.2) is 0 Å². The van der Waals surface area contributed by atoms with Gasteiger partial charge < -0.3 is 15.2 Å². The maximum atomic E-state index is 9.78. The van der Waals surface area contributed by atoms with Crippen LogP contribution in [0.4, 0.5) is 0 Å². The van der Waals surface area contributed by atoms with E-state index in [0.717, 1.165) is 18.9 Å². The lowest BCUT2D eigenvalue weighted by molar-refractivity contribution is -0.0896. The van der Waals surface area contributed by atoms with E-state index in [9.17, 15) is 5.11 Å². The second kappa shape index (κ2) is 3.69. The first kappa shape index (κ1) is 12.3. The largest absolute Gasteiger partial charge is 0.394 e. The Kier molecular flexibility index (Phi) is 2.84. The summed E-state index contributed by atoms with van der Waals surface area (Å²) >= 11 is 0. The van der Waals surface area contributed by atoms with Crippen LogP contribution in [-0.2, 0) is 4.74 Å². The Morgan fingerprint density at radius 3 is 2.25 bits per heavy atom. The van der Waals surface area contributed by atoms with Crippen LogP contribution in [0.25, 0.3) is 0 Å². The molecule has 0 radical (unpaired) electrons. The van der Waals surface area contributed by atoms with Crippen LogP contribution in [-0.4, -0.2) is 35.0 Å². The molecule has 0 spiro atoms. The third kappa shape index (κ3) is 2.13. The van der Waals surface area contributed by atoms with Gasteiger partial charge in [0, 0.05) is 0 Å². The molecule has 1 aliphatic carbocycles. The number of hydrogen-bond donors (Lipinski definition) is 2. The van der Waals surface area contributed by atoms with E-state index in [4.69, 9.17) is 4.74 Å². The summed E-state index contributed by atoms with van der Waals surface area (Å²) < 4.78 is 6.07. The molecule has 0 aromatic rings. The molecule has 3 nitrogen and oxygen atoms in total. The maximum absolute atomic E-state index is 9.78. The van der Waals surface area contributed by atoms with Crippen LogP contribution in [0.3, 0.4) is 0 Å². The summed E-state index contributed by atoms with van der Waals surface area (Å²) in [7, 11) is 0. The molecule has 1 heterocycles. The number of hydrogen-bond acceptors (Lipinski definition) is 3. The highest BCUT2D eigenvalue weighted by Gasteiger charge is 2.56. The third-order valence-corrected chi connectivity index (χ3v) is 4.11. The number of aliphatic hydroxyl groups is 1. The Morgan fingerprint density at radius 2 is 1.88 bits per heavy atom. The smallest absolute Gasteiger partial charge is 0.0838 e. The number of nitrogens with one attached hydrogen (secondary N) is 1. The molecule has 0 amide bonds. The predicted octanol–water partition coefficient (Wildman–Crippen LogP) is 1.69. The molecule has 2 aliphatic rings. The van der Waals surface area contributed by atoms with Crippen molar-refractivity contribution >= 4 is 0 Å². The van der Waals surface area contributed by atoms with Crippen molar-refractivity contribution in [3.8, 4) is 0 Å². The summed E-state index contributed by atoms with van der Waals surface area (Å²) in [5.74, 6) is 0.822. The molecule has 2 fully saturated rings. The van der Waals surface area contributed by atoms with E-state index in [1.165, 1.54) is 12.8 Å². The van der Waals surface area contributed by atoms with Crippen molar-refractivity contribution in [2.75, 3.05) is 13.2 Å². The monoisotopic (exact) mass is 227 g/mol. The second-order valence-electron chi connectivity index (χ2n) is 6.61. The average molecular weight is 227 g/mol. The number of rotatable bonds is 4. The van der Waals surface area contributed by atoms with Gasteiger partial charge in [0.2, 0.25) is 0 Å². The molecular weight excluding hydrogens is 202 g/mol. The van der Waals surface area contributed by atoms with E-state index >= 15 is 0 Å². The third-order valence-electron chi connectivity index (χ3n) is 4.11. The van der Waals surface area contributed by atoms with Crippen LogP contribution in [0.15, 0.2) is 0 Å². The topological polar surface area (TPSA) is 41.5 Å². The lowest BCUT2D eigenvalue weighted by Gasteiger charge is -2.39. The van der Waals surface area contributed by atoms with Crippen molar-refractivity contribution in [3.05, 3.63) is 0 Å². The Morgan fingerprint density at radius 1 is 1.25 bits per heavy atom. The summed E-state index contributed by atoms with van der Waals surface area (Å²) in [6, 6.07) is 0. The zero-order valence-electron chi connectivity index (χ0n) is 11.0. The molecule has 1 aliphatic heterocycles. The number of aliphatic hydroxyl groups excluding tert-OH is 1. The van der Waals surface area contributed by atoms with Crippen LogP contribution >= 0.6 is 0 Å². The molecule has 0 aromatic heterocycles. The Bertz CT molecular complexity index is 271. The van der Waals surface area contributed by atoms with Gasteiger partial charge in [0.1, 0.15) is 0 Å². The fourth-order valence-electron chi connectivity index (χ4n) is 3.00. The van der Waals surface area contributed by atoms with Gasteiger partial charge in [-0.3, -0.25) is 0 Å². The lowest BCUT2D eigenvalue weighted by Crippen LogP contribution is -2.60. The second-order valence-corrected chi connectivity index (χ2v) is 6.61. The summed E-state index contributed by atoms with van der Waals surface area (Å²) in [4.78, 5) is 0. The van der Waals surface area contributed by atoms with E-state index in [-0.39, 0.29) is 23.3 Å². The lowest BCUT2D eigenvalue weighted by atomic mass is 9.79. The van der Waals surface area contributed by atoms with E-state index < -0.39 is 0 Å². The molecule has 1 atom stereocenters. The molecule has 0 aromatic carbocycles. The zero-order valence-corrected chi connectivity index (χ0v) is 11.0. The molecule has 1 saturated carbocycles. The first-order chi connectivity index (χ1) is 7.30. The quantitative estimate of drug-likeness (QED) is 0.768. The highest BCUT2D eigenvalue weighted by molar-refractivity contribution is 5.11. The summed E-state index contributed by atoms with van der Waals surface area (Å²) in [5, 5.41) is 13.4. The SMILES string of the molecule is CC1(C)CC(CO)(NCC2CC2)C(C)(C)O1. The van der Waals surface area contributed by atoms with Crippen LogP contribution in [0.1, 0.15) is 47.0 Å². The maximum Gasteiger partial charge on any atom is 0.0838 e. The molecule has 0 bridgehead atoms. The van der Waals surface area contributed by atoms with Gasteiger partial charge in [-0.2, -0.15) is 0 Å². The highest BCUT2D eigenvalue weighted by atomic mass is 16.5. The van der Waals surface area contributed by atoms with Gasteiger partial charge in [-0.1, -0.05) is 0 Å². The summed E-state index contributed by atoms with van der Waals surface area (Å²) in [6.45, 7) is 9.53. The van der Waals surface area contributed by atoms with Crippen molar-refractivity contribution < 1.29 is 9.84 Å². The van der Waals surface area contributed by atoms with Crippen LogP contribution in [0, 0.1) is 5.92 Å². The first-order valence-corrected chi connectivity index (χ1v) is 6.36. The molecule has 16 heavy (non-hydrogen) atoms. The van der Waals surface area contributed by atoms with Crippen molar-refractivity contribution in [3.63, 3.8) is 0 Å². The number of ether oxygens (including phenoxy) is 1. The standard InChI is InChI=1S/C13H25NO2/c1-11(2)8-13(9-15,12(3,4)16-11)14-7-10-5-6-10/h10,14-15H,5-9H2,1-4H3. The van der Waals surface area contributed by atoms with Gasteiger partial charge in [-0.05, 0) is 59.4 Å². The fourth-order valence-corrected chi connectivity index (χ4v) is 3.00. The van der Waals surface area contributed by atoms with Gasteiger partial charge in [0.25, 0.3) is 0 Å². The molecule has 2 rings (SSSR count). The minimum atomic E-state index is -0.305. The van der Waals surface area contributed by atoms with Crippen LogP contribution in [0.2, 0.25) is 0 Å². The van der Waals surface area contributed by atoms with Gasteiger partial charge >= 0.3 is 0 Å². The van der Waals surface area contributed by atoms with E-state index in [0.29, 0.717) is 0 Å². The summed E-state index contributed by atoms with van der Waals surface area (Å²) in [5.41, 5.74) is -0.734. The van der Waals surface area contributed by atoms with Crippen molar-refractivity contribution in [2.45, 2.75) is 63.7 Å². The van der Waals surface area contributed by atoms with Crippen molar-refractivity contribution in [2.24, 2.45) is 5.92 Å². The van der Waals surface area contributed by atoms with E-state index in [1.54, 1.807) is 0 Å². The highest BCUT2D eigenvalue weighted by Crippen LogP contribution is 2.45. The Labute approximate surface area is 98.6 Å². The van der Waals surface area contributed by atoms with Crippen molar-refractivity contribution in [1.29, 1.82) is 0 Å². The molecule has 1 unspecified atom stereocenters. The Balaban J connectivity index is 2.10. The van der Waals surface area contributed by atoms with E-state index in [2.05, 4.69) is 33.0 Å². The molecule has 1 saturated heterocycles. The minimum absolute atomic E-state index is 0.149. The van der Waals surface area contributed by atoms with Crippen LogP contribution < -0.4 is 5.32 Å². The van der Waals surface area contributed by atoms with E-state index in [1.807, 2.05) is 0 Å². The van der Waals surface area contributed by atoms with Gasteiger partial charge in [0.05, 0.1) is 23.3 Å². The zero-order chi connectivity index (χ0) is 12.0. The molecule has 94 valence electrons. The average Bonchev–Trinajstić information content (AvgIpc) is 2.90. The van der Waals surface area contributed by atoms with Crippen molar-refractivity contribution in [1.82, 2.24) is 5.32 Å². The Hall–Kier alpha value is -0.120. The van der Waals surface area contributed by atoms with Crippen LogP contribution in [0.5, 0.6) is 0 Å². The first-order valence-electron chi connectivity index (χ1n) is 6.36. The molecule has 2 N–H and O–H groups in total. The molecular formula is C13H25NO2. The molecule has 3 heteroatoms. The predicted molar refractivity (Wildman–Crippen MR) is 64.4 cm³/mol. The van der Waals surface area contributed by atoms with Gasteiger partial charge in [-0.15, -0.1) is 0 Å². The van der Waals surface area contributed by atoms with Gasteiger partial charge in [0.15, 0.2) is 0 Å².